The predicted octanol–water partition coefficient (Wildman–Crippen LogP) is 4.06. The van der Waals surface area contributed by atoms with Gasteiger partial charge in [0.05, 0.1) is 6.42 Å². The van der Waals surface area contributed by atoms with Gasteiger partial charge in [-0.05, 0) is 50.4 Å². The van der Waals surface area contributed by atoms with Crippen LogP contribution in [0, 0.1) is 12.8 Å². The SMILES string of the molecule is Cc1nnc(-c2cc3cc(NC(=O)C4CCN(CCC(F)(F)F)CC4)ncc3cn2)s1. The molecule has 0 aliphatic carbocycles. The van der Waals surface area contributed by atoms with Gasteiger partial charge in [0, 0.05) is 30.2 Å². The number of anilines is 1. The summed E-state index contributed by atoms with van der Waals surface area (Å²) in [6.45, 7) is 2.82. The number of fused-ring (bicyclic) bond motifs is 1. The number of alkyl halides is 3. The van der Waals surface area contributed by atoms with E-state index in [4.69, 9.17) is 0 Å². The van der Waals surface area contributed by atoms with Gasteiger partial charge >= 0.3 is 6.18 Å². The number of hydrogen-bond donors (Lipinski definition) is 1. The van der Waals surface area contributed by atoms with E-state index < -0.39 is 12.6 Å². The number of aromatic nitrogens is 4. The van der Waals surface area contributed by atoms with Crippen molar-refractivity contribution < 1.29 is 18.0 Å². The average molecular weight is 450 g/mol. The van der Waals surface area contributed by atoms with Crippen LogP contribution < -0.4 is 5.32 Å². The Morgan fingerprint density at radius 2 is 1.90 bits per heavy atom. The molecule has 4 rings (SSSR count). The van der Waals surface area contributed by atoms with E-state index >= 15 is 0 Å². The first-order valence-corrected chi connectivity index (χ1v) is 10.7. The molecule has 1 saturated heterocycles. The first kappa shape index (κ1) is 21.6. The number of pyridine rings is 2. The Morgan fingerprint density at radius 1 is 1.16 bits per heavy atom. The van der Waals surface area contributed by atoms with Gasteiger partial charge in [-0.3, -0.25) is 9.78 Å². The molecule has 1 fully saturated rings. The van der Waals surface area contributed by atoms with Crippen molar-refractivity contribution in [3.8, 4) is 10.7 Å². The van der Waals surface area contributed by atoms with E-state index in [1.165, 1.54) is 11.3 Å². The molecule has 11 heteroatoms. The molecule has 0 bridgehead atoms. The second-order valence-corrected chi connectivity index (χ2v) is 8.76. The van der Waals surface area contributed by atoms with Gasteiger partial charge in [0.1, 0.15) is 16.5 Å². The fourth-order valence-corrected chi connectivity index (χ4v) is 4.21. The third-order valence-electron chi connectivity index (χ3n) is 5.27. The maximum atomic E-state index is 12.6. The number of rotatable bonds is 5. The third kappa shape index (κ3) is 5.53. The highest BCUT2D eigenvalue weighted by atomic mass is 32.1. The van der Waals surface area contributed by atoms with Crippen molar-refractivity contribution in [2.24, 2.45) is 5.92 Å². The molecule has 0 radical (unpaired) electrons. The van der Waals surface area contributed by atoms with E-state index in [-0.39, 0.29) is 18.4 Å². The summed E-state index contributed by atoms with van der Waals surface area (Å²) in [6.07, 6.45) is -0.564. The van der Waals surface area contributed by atoms with Gasteiger partial charge in [-0.25, -0.2) is 4.98 Å². The maximum Gasteiger partial charge on any atom is 0.390 e. The van der Waals surface area contributed by atoms with Crippen molar-refractivity contribution in [3.63, 3.8) is 0 Å². The molecule has 3 aromatic rings. The van der Waals surface area contributed by atoms with E-state index in [2.05, 4.69) is 25.5 Å². The molecule has 1 aliphatic rings. The van der Waals surface area contributed by atoms with Gasteiger partial charge < -0.3 is 10.2 Å². The van der Waals surface area contributed by atoms with Crippen LogP contribution in [0.15, 0.2) is 24.5 Å². The minimum Gasteiger partial charge on any atom is -0.310 e. The summed E-state index contributed by atoms with van der Waals surface area (Å²) in [4.78, 5) is 23.1. The first-order valence-electron chi connectivity index (χ1n) is 9.93. The Hall–Kier alpha value is -2.66. The molecule has 31 heavy (non-hydrogen) atoms. The summed E-state index contributed by atoms with van der Waals surface area (Å²) in [7, 11) is 0. The van der Waals surface area contributed by atoms with Crippen LogP contribution in [0.5, 0.6) is 0 Å². The van der Waals surface area contributed by atoms with Crippen LogP contribution in [0.4, 0.5) is 19.0 Å². The van der Waals surface area contributed by atoms with Gasteiger partial charge in [0.2, 0.25) is 5.91 Å². The van der Waals surface area contributed by atoms with Crippen molar-refractivity contribution in [2.45, 2.75) is 32.4 Å². The van der Waals surface area contributed by atoms with Crippen molar-refractivity contribution in [3.05, 3.63) is 29.5 Å². The number of carbonyl (C=O) groups excluding carboxylic acids is 1. The minimum atomic E-state index is -4.15. The number of halogens is 3. The summed E-state index contributed by atoms with van der Waals surface area (Å²) in [5.41, 5.74) is 0.702. The summed E-state index contributed by atoms with van der Waals surface area (Å²) < 4.78 is 37.2. The molecular weight excluding hydrogens is 429 g/mol. The van der Waals surface area contributed by atoms with E-state index in [0.717, 1.165) is 20.8 Å². The van der Waals surface area contributed by atoms with Crippen molar-refractivity contribution in [1.82, 2.24) is 25.1 Å². The highest BCUT2D eigenvalue weighted by Gasteiger charge is 2.30. The normalized spacial score (nSPS) is 16.0. The van der Waals surface area contributed by atoms with E-state index in [1.54, 1.807) is 23.4 Å². The van der Waals surface area contributed by atoms with E-state index in [0.29, 0.717) is 37.4 Å². The number of carbonyl (C=O) groups is 1. The number of likely N-dealkylation sites (tertiary alicyclic amines) is 1. The first-order chi connectivity index (χ1) is 14.8. The molecule has 1 aliphatic heterocycles. The number of amides is 1. The average Bonchev–Trinajstić information content (AvgIpc) is 3.18. The van der Waals surface area contributed by atoms with Crippen LogP contribution in [0.3, 0.4) is 0 Å². The predicted molar refractivity (Wildman–Crippen MR) is 112 cm³/mol. The van der Waals surface area contributed by atoms with Crippen molar-refractivity contribution in [2.75, 3.05) is 25.0 Å². The van der Waals surface area contributed by atoms with Crippen molar-refractivity contribution in [1.29, 1.82) is 0 Å². The second kappa shape index (κ2) is 8.83. The lowest BCUT2D eigenvalue weighted by Gasteiger charge is -2.31. The Labute approximate surface area is 180 Å². The molecule has 0 saturated carbocycles. The number of piperidine rings is 1. The van der Waals surface area contributed by atoms with Crippen LogP contribution in [-0.4, -0.2) is 56.8 Å². The smallest absolute Gasteiger partial charge is 0.310 e. The lowest BCUT2D eigenvalue weighted by molar-refractivity contribution is -0.139. The van der Waals surface area contributed by atoms with Crippen LogP contribution in [0.25, 0.3) is 21.5 Å². The zero-order valence-electron chi connectivity index (χ0n) is 16.8. The van der Waals surface area contributed by atoms with E-state index in [9.17, 15) is 18.0 Å². The van der Waals surface area contributed by atoms with Crippen LogP contribution in [0.2, 0.25) is 0 Å². The van der Waals surface area contributed by atoms with Gasteiger partial charge in [-0.2, -0.15) is 13.2 Å². The molecule has 0 unspecified atom stereocenters. The Balaban J connectivity index is 1.38. The van der Waals surface area contributed by atoms with Gasteiger partial charge in [-0.1, -0.05) is 11.3 Å². The van der Waals surface area contributed by atoms with Crippen LogP contribution >= 0.6 is 11.3 Å². The number of nitrogens with one attached hydrogen (secondary N) is 1. The Bertz CT molecular complexity index is 1080. The molecule has 1 amide bonds. The fourth-order valence-electron chi connectivity index (χ4n) is 3.56. The standard InChI is InChI=1S/C20H21F3N6OS/c1-12-27-28-19(31-12)16-8-14-9-17(25-11-15(14)10-24-16)26-18(30)13-2-5-29(6-3-13)7-4-20(21,22)23/h8-11,13H,2-7H2,1H3,(H,25,26,30). The summed E-state index contributed by atoms with van der Waals surface area (Å²) in [5.74, 6) is 0.0379. The fraction of sp³-hybridized carbons (Fsp3) is 0.450. The molecule has 0 spiro atoms. The molecule has 164 valence electrons. The summed E-state index contributed by atoms with van der Waals surface area (Å²) in [5, 5.41) is 14.2. The Morgan fingerprint density at radius 3 is 2.58 bits per heavy atom. The van der Waals surface area contributed by atoms with E-state index in [1.807, 2.05) is 13.0 Å². The van der Waals surface area contributed by atoms with Gasteiger partial charge in [0.25, 0.3) is 0 Å². The quantitative estimate of drug-likeness (QED) is 0.631. The summed E-state index contributed by atoms with van der Waals surface area (Å²) in [6, 6.07) is 3.66. The summed E-state index contributed by atoms with van der Waals surface area (Å²) >= 11 is 1.45. The number of nitrogens with zero attached hydrogens (tertiary/aromatic N) is 5. The molecule has 0 atom stereocenters. The molecule has 0 aromatic carbocycles. The molecule has 7 nitrogen and oxygen atoms in total. The molecule has 3 aromatic heterocycles. The molecule has 4 heterocycles. The number of aryl methyl sites for hydroxylation is 1. The largest absolute Gasteiger partial charge is 0.390 e. The number of hydrogen-bond acceptors (Lipinski definition) is 7. The lowest BCUT2D eigenvalue weighted by atomic mass is 9.96. The monoisotopic (exact) mass is 450 g/mol. The van der Waals surface area contributed by atoms with Gasteiger partial charge in [-0.15, -0.1) is 10.2 Å². The maximum absolute atomic E-state index is 12.6. The van der Waals surface area contributed by atoms with Crippen LogP contribution in [0.1, 0.15) is 24.3 Å². The van der Waals surface area contributed by atoms with Gasteiger partial charge in [0.15, 0.2) is 5.01 Å². The zero-order chi connectivity index (χ0) is 22.0. The lowest BCUT2D eigenvalue weighted by Crippen LogP contribution is -2.39. The molecular formula is C20H21F3N6OS. The third-order valence-corrected chi connectivity index (χ3v) is 6.13. The minimum absolute atomic E-state index is 0.0193. The van der Waals surface area contributed by atoms with Crippen LogP contribution in [-0.2, 0) is 4.79 Å². The topological polar surface area (TPSA) is 83.9 Å². The highest BCUT2D eigenvalue weighted by molar-refractivity contribution is 7.14. The zero-order valence-corrected chi connectivity index (χ0v) is 17.6. The molecule has 1 N–H and O–H groups in total. The van der Waals surface area contributed by atoms with Crippen molar-refractivity contribution >= 4 is 33.8 Å². The second-order valence-electron chi connectivity index (χ2n) is 7.58. The Kier molecular flexibility index (Phi) is 6.15. The highest BCUT2D eigenvalue weighted by Crippen LogP contribution is 2.26.